The number of carbonyl (C=O) groups excluding carboxylic acids is 1. The van der Waals surface area contributed by atoms with Crippen LogP contribution >= 0.6 is 23.3 Å². The molecule has 0 saturated heterocycles. The predicted octanol–water partition coefficient (Wildman–Crippen LogP) is 3.29. The maximum absolute atomic E-state index is 12.6. The number of amides is 1. The van der Waals surface area contributed by atoms with Gasteiger partial charge in [-0.25, -0.2) is 9.38 Å². The molecule has 0 atom stereocenters. The fraction of sp³-hybridized carbons (Fsp3) is 0.278. The van der Waals surface area contributed by atoms with E-state index in [1.165, 1.54) is 26.9 Å². The molecule has 1 amide bonds. The molecular weight excluding hydrogens is 352 g/mol. The van der Waals surface area contributed by atoms with Gasteiger partial charge in [-0.15, -0.1) is 11.8 Å². The van der Waals surface area contributed by atoms with Gasteiger partial charge in [-0.05, 0) is 41.6 Å². The van der Waals surface area contributed by atoms with Crippen LogP contribution in [0, 0.1) is 0 Å². The van der Waals surface area contributed by atoms with Crippen LogP contribution < -0.4 is 0 Å². The van der Waals surface area contributed by atoms with E-state index in [0.29, 0.717) is 13.1 Å². The molecule has 1 aromatic heterocycles. The lowest BCUT2D eigenvalue weighted by atomic mass is 10.1. The quantitative estimate of drug-likeness (QED) is 0.775. The van der Waals surface area contributed by atoms with Crippen molar-refractivity contribution in [3.8, 4) is 0 Å². The van der Waals surface area contributed by atoms with Crippen molar-refractivity contribution in [2.45, 2.75) is 17.9 Å². The lowest BCUT2D eigenvalue weighted by molar-refractivity contribution is -0.131. The first-order chi connectivity index (χ1) is 12.2. The SMILES string of the molecule is CSc1ccc(C2=NN(C(=O)CN3C=Cc4sncc4C3)CC2)cc1. The van der Waals surface area contributed by atoms with E-state index in [9.17, 15) is 4.79 Å². The second kappa shape index (κ2) is 7.01. The van der Waals surface area contributed by atoms with Gasteiger partial charge in [0.2, 0.25) is 0 Å². The van der Waals surface area contributed by atoms with Crippen molar-refractivity contribution in [3.05, 3.63) is 52.7 Å². The average Bonchev–Trinajstić information content (AvgIpc) is 3.31. The highest BCUT2D eigenvalue weighted by Gasteiger charge is 2.24. The molecule has 7 heteroatoms. The largest absolute Gasteiger partial charge is 0.364 e. The van der Waals surface area contributed by atoms with Crippen molar-refractivity contribution < 1.29 is 4.79 Å². The molecule has 0 radical (unpaired) electrons. The van der Waals surface area contributed by atoms with Crippen LogP contribution in [0.1, 0.15) is 22.4 Å². The lowest BCUT2D eigenvalue weighted by Crippen LogP contribution is -2.34. The summed E-state index contributed by atoms with van der Waals surface area (Å²) in [6.45, 7) is 1.73. The molecule has 2 aromatic rings. The molecule has 0 fully saturated rings. The summed E-state index contributed by atoms with van der Waals surface area (Å²) in [5.74, 6) is 0.0343. The highest BCUT2D eigenvalue weighted by Crippen LogP contribution is 2.23. The van der Waals surface area contributed by atoms with E-state index in [4.69, 9.17) is 0 Å². The Bertz CT molecular complexity index is 841. The molecular formula is C18H18N4OS2. The number of nitrogens with zero attached hydrogens (tertiary/aromatic N) is 4. The summed E-state index contributed by atoms with van der Waals surface area (Å²) >= 11 is 3.21. The van der Waals surface area contributed by atoms with Crippen LogP contribution in [0.25, 0.3) is 6.08 Å². The maximum atomic E-state index is 12.6. The van der Waals surface area contributed by atoms with Gasteiger partial charge < -0.3 is 4.90 Å². The maximum Gasteiger partial charge on any atom is 0.262 e. The number of hydrogen-bond acceptors (Lipinski definition) is 6. The molecule has 0 saturated carbocycles. The van der Waals surface area contributed by atoms with Crippen LogP contribution in [0.5, 0.6) is 0 Å². The minimum Gasteiger partial charge on any atom is -0.364 e. The highest BCUT2D eigenvalue weighted by molar-refractivity contribution is 7.98. The summed E-state index contributed by atoms with van der Waals surface area (Å²) in [7, 11) is 0. The minimum absolute atomic E-state index is 0.0343. The zero-order valence-corrected chi connectivity index (χ0v) is 15.5. The number of rotatable bonds is 4. The topological polar surface area (TPSA) is 48.8 Å². The summed E-state index contributed by atoms with van der Waals surface area (Å²) in [5.41, 5.74) is 3.26. The molecule has 128 valence electrons. The number of hydrazone groups is 1. The van der Waals surface area contributed by atoms with Gasteiger partial charge in [0.25, 0.3) is 5.91 Å². The molecule has 2 aliphatic rings. The van der Waals surface area contributed by atoms with Crippen molar-refractivity contribution in [1.29, 1.82) is 0 Å². The van der Waals surface area contributed by atoms with Gasteiger partial charge in [-0.1, -0.05) is 12.1 Å². The van der Waals surface area contributed by atoms with E-state index in [2.05, 4.69) is 40.0 Å². The Kier molecular flexibility index (Phi) is 4.59. The van der Waals surface area contributed by atoms with Gasteiger partial charge in [-0.3, -0.25) is 4.79 Å². The fourth-order valence-electron chi connectivity index (χ4n) is 2.96. The minimum atomic E-state index is 0.0343. The summed E-state index contributed by atoms with van der Waals surface area (Å²) < 4.78 is 4.20. The van der Waals surface area contributed by atoms with E-state index in [1.54, 1.807) is 16.8 Å². The van der Waals surface area contributed by atoms with E-state index in [0.717, 1.165) is 24.2 Å². The molecule has 0 spiro atoms. The van der Waals surface area contributed by atoms with Crippen LogP contribution in [0.15, 0.2) is 46.7 Å². The Morgan fingerprint density at radius 3 is 2.96 bits per heavy atom. The third kappa shape index (κ3) is 3.48. The van der Waals surface area contributed by atoms with E-state index in [1.807, 2.05) is 23.4 Å². The summed E-state index contributed by atoms with van der Waals surface area (Å²) in [4.78, 5) is 17.0. The third-order valence-electron chi connectivity index (χ3n) is 4.34. The number of fused-ring (bicyclic) bond motifs is 1. The van der Waals surface area contributed by atoms with Crippen LogP contribution in [-0.4, -0.2) is 45.2 Å². The van der Waals surface area contributed by atoms with Crippen molar-refractivity contribution in [2.75, 3.05) is 19.3 Å². The number of thioether (sulfide) groups is 1. The number of benzene rings is 1. The van der Waals surface area contributed by atoms with Crippen LogP contribution in [0.4, 0.5) is 0 Å². The second-order valence-corrected chi connectivity index (χ2v) is 7.69. The zero-order valence-electron chi connectivity index (χ0n) is 13.9. The van der Waals surface area contributed by atoms with Gasteiger partial charge in [0.15, 0.2) is 0 Å². The Morgan fingerprint density at radius 2 is 2.16 bits per heavy atom. The zero-order chi connectivity index (χ0) is 17.2. The highest BCUT2D eigenvalue weighted by atomic mass is 32.2. The standard InChI is InChI=1S/C18H18N4OS2/c1-24-15-4-2-13(3-5-15)16-6-9-22(20-16)18(23)12-21-8-7-17-14(11-21)10-19-25-17/h2-5,7-8,10H,6,9,11-12H2,1H3. The number of hydrogen-bond donors (Lipinski definition) is 0. The Balaban J connectivity index is 1.40. The van der Waals surface area contributed by atoms with Crippen LogP contribution in [-0.2, 0) is 11.3 Å². The lowest BCUT2D eigenvalue weighted by Gasteiger charge is -2.24. The molecule has 0 unspecified atom stereocenters. The van der Waals surface area contributed by atoms with E-state index >= 15 is 0 Å². The monoisotopic (exact) mass is 370 g/mol. The van der Waals surface area contributed by atoms with E-state index < -0.39 is 0 Å². The molecule has 2 aliphatic heterocycles. The molecule has 3 heterocycles. The summed E-state index contributed by atoms with van der Waals surface area (Å²) in [6, 6.07) is 8.35. The fourth-order valence-corrected chi connectivity index (χ4v) is 4.02. The molecule has 0 N–H and O–H groups in total. The summed E-state index contributed by atoms with van der Waals surface area (Å²) in [6.07, 6.45) is 8.74. The normalized spacial score (nSPS) is 16.1. The average molecular weight is 371 g/mol. The molecule has 1 aromatic carbocycles. The molecule has 0 aliphatic carbocycles. The van der Waals surface area contributed by atoms with Crippen LogP contribution in [0.2, 0.25) is 0 Å². The van der Waals surface area contributed by atoms with Gasteiger partial charge >= 0.3 is 0 Å². The first-order valence-corrected chi connectivity index (χ1v) is 10.1. The Morgan fingerprint density at radius 1 is 1.32 bits per heavy atom. The Hall–Kier alpha value is -2.12. The first kappa shape index (κ1) is 16.4. The third-order valence-corrected chi connectivity index (χ3v) is 5.89. The van der Waals surface area contributed by atoms with Crippen molar-refractivity contribution in [3.63, 3.8) is 0 Å². The molecule has 0 bridgehead atoms. The van der Waals surface area contributed by atoms with Crippen molar-refractivity contribution in [1.82, 2.24) is 14.3 Å². The van der Waals surface area contributed by atoms with Crippen molar-refractivity contribution in [2.24, 2.45) is 5.10 Å². The van der Waals surface area contributed by atoms with Gasteiger partial charge in [-0.2, -0.15) is 5.10 Å². The smallest absolute Gasteiger partial charge is 0.262 e. The second-order valence-electron chi connectivity index (χ2n) is 5.98. The van der Waals surface area contributed by atoms with Crippen LogP contribution in [0.3, 0.4) is 0 Å². The number of aromatic nitrogens is 1. The molecule has 25 heavy (non-hydrogen) atoms. The van der Waals surface area contributed by atoms with E-state index in [-0.39, 0.29) is 5.91 Å². The van der Waals surface area contributed by atoms with Gasteiger partial charge in [0.1, 0.15) is 0 Å². The van der Waals surface area contributed by atoms with Crippen molar-refractivity contribution >= 4 is 41.0 Å². The Labute approximate surface area is 155 Å². The molecule has 5 nitrogen and oxygen atoms in total. The first-order valence-electron chi connectivity index (χ1n) is 8.11. The van der Waals surface area contributed by atoms with Gasteiger partial charge in [0.05, 0.1) is 23.7 Å². The predicted molar refractivity (Wildman–Crippen MR) is 103 cm³/mol. The molecule has 4 rings (SSSR count). The number of carbonyl (C=O) groups is 1. The summed E-state index contributed by atoms with van der Waals surface area (Å²) in [5, 5.41) is 6.15. The van der Waals surface area contributed by atoms with Gasteiger partial charge in [0, 0.05) is 35.8 Å².